The van der Waals surface area contributed by atoms with Gasteiger partial charge in [-0.25, -0.2) is 4.99 Å². The molecule has 0 fully saturated rings. The fourth-order valence-electron chi connectivity index (χ4n) is 1.28. The summed E-state index contributed by atoms with van der Waals surface area (Å²) in [5, 5.41) is 2.37. The number of hydrogen-bond donors (Lipinski definition) is 2. The molecule has 1 aromatic rings. The van der Waals surface area contributed by atoms with E-state index < -0.39 is 17.6 Å². The molecule has 0 aromatic heterocycles. The van der Waals surface area contributed by atoms with Crippen molar-refractivity contribution >= 4 is 34.7 Å². The summed E-state index contributed by atoms with van der Waals surface area (Å²) < 4.78 is 37.8. The number of amides is 1. The van der Waals surface area contributed by atoms with Crippen LogP contribution in [0.4, 0.5) is 24.5 Å². The minimum Gasteiger partial charge on any atom is -0.386 e. The maximum Gasteiger partial charge on any atom is 0.416 e. The Labute approximate surface area is 112 Å². The highest BCUT2D eigenvalue weighted by atomic mass is 35.5. The van der Waals surface area contributed by atoms with Gasteiger partial charge in [0, 0.05) is 6.92 Å². The van der Waals surface area contributed by atoms with Gasteiger partial charge in [0.2, 0.25) is 5.91 Å². The van der Waals surface area contributed by atoms with Crippen LogP contribution < -0.4 is 11.1 Å². The summed E-state index contributed by atoms with van der Waals surface area (Å²) in [6.45, 7) is 1.23. The Kier molecular flexibility index (Phi) is 4.77. The van der Waals surface area contributed by atoms with Crippen molar-refractivity contribution in [3.63, 3.8) is 0 Å². The lowest BCUT2D eigenvalue weighted by atomic mass is 10.1. The number of nitrogens with two attached hydrogens (primary N) is 1. The molecule has 4 nitrogen and oxygen atoms in total. The molecule has 0 saturated heterocycles. The highest BCUT2D eigenvalue weighted by Gasteiger charge is 2.31. The van der Waals surface area contributed by atoms with Crippen LogP contribution in [0.15, 0.2) is 23.2 Å². The zero-order valence-electron chi connectivity index (χ0n) is 9.88. The van der Waals surface area contributed by atoms with E-state index in [1.54, 1.807) is 0 Å². The van der Waals surface area contributed by atoms with E-state index in [0.29, 0.717) is 0 Å². The molecular formula is C11H11ClF3N3O. The van der Waals surface area contributed by atoms with Crippen molar-refractivity contribution in [1.82, 2.24) is 0 Å². The maximum atomic E-state index is 12.6. The van der Waals surface area contributed by atoms with E-state index in [-0.39, 0.29) is 23.1 Å². The van der Waals surface area contributed by atoms with Crippen molar-refractivity contribution in [2.75, 3.05) is 11.2 Å². The molecule has 1 aromatic carbocycles. The van der Waals surface area contributed by atoms with E-state index in [4.69, 9.17) is 17.3 Å². The zero-order valence-corrected chi connectivity index (χ0v) is 10.6. The monoisotopic (exact) mass is 293 g/mol. The topological polar surface area (TPSA) is 67.5 Å². The summed E-state index contributed by atoms with van der Waals surface area (Å²) in [5.41, 5.74) is 4.54. The first-order chi connectivity index (χ1) is 8.74. The molecule has 0 aliphatic carbocycles. The lowest BCUT2D eigenvalue weighted by Crippen LogP contribution is -2.13. The number of nitrogens with one attached hydrogen (secondary N) is 1. The normalized spacial score (nSPS) is 12.4. The van der Waals surface area contributed by atoms with Crippen molar-refractivity contribution in [3.05, 3.63) is 23.8 Å². The average Bonchev–Trinajstić information content (AvgIpc) is 2.29. The second kappa shape index (κ2) is 5.92. The summed E-state index contributed by atoms with van der Waals surface area (Å²) in [4.78, 5) is 14.7. The molecular weight excluding hydrogens is 283 g/mol. The second-order valence-electron chi connectivity index (χ2n) is 3.65. The Balaban J connectivity index is 3.30. The molecule has 0 aliphatic heterocycles. The average molecular weight is 294 g/mol. The van der Waals surface area contributed by atoms with Crippen LogP contribution in [0, 0.1) is 0 Å². The lowest BCUT2D eigenvalue weighted by Gasteiger charge is -2.11. The summed E-state index contributed by atoms with van der Waals surface area (Å²) in [5.74, 6) is -0.608. The van der Waals surface area contributed by atoms with Crippen molar-refractivity contribution < 1.29 is 18.0 Å². The molecule has 0 aliphatic rings. The Hall–Kier alpha value is -1.76. The molecule has 104 valence electrons. The zero-order chi connectivity index (χ0) is 14.6. The van der Waals surface area contributed by atoms with Gasteiger partial charge in [-0.2, -0.15) is 13.2 Å². The first-order valence-corrected chi connectivity index (χ1v) is 5.65. The van der Waals surface area contributed by atoms with Gasteiger partial charge >= 0.3 is 6.18 Å². The number of hydrogen-bond acceptors (Lipinski definition) is 2. The van der Waals surface area contributed by atoms with E-state index in [0.717, 1.165) is 18.2 Å². The van der Waals surface area contributed by atoms with Crippen molar-refractivity contribution in [2.45, 2.75) is 13.1 Å². The van der Waals surface area contributed by atoms with Crippen LogP contribution in [0.3, 0.4) is 0 Å². The third-order valence-electron chi connectivity index (χ3n) is 2.04. The van der Waals surface area contributed by atoms with Crippen LogP contribution in [-0.2, 0) is 11.0 Å². The third kappa shape index (κ3) is 4.44. The Morgan fingerprint density at radius 2 is 2.11 bits per heavy atom. The number of carbonyl (C=O) groups excluding carboxylic acids is 1. The first-order valence-electron chi connectivity index (χ1n) is 5.12. The largest absolute Gasteiger partial charge is 0.416 e. The van der Waals surface area contributed by atoms with Gasteiger partial charge in [-0.3, -0.25) is 4.79 Å². The molecule has 0 unspecified atom stereocenters. The number of aliphatic imine (C=N–C) groups is 1. The number of carbonyl (C=O) groups is 1. The standard InChI is InChI=1S/C11H11ClF3N3O/c1-6(19)17-8-3-2-7(11(13,14)15)4-9(8)18-10(16)5-12/h2-4H,5H2,1H3,(H2,16,18)(H,17,19). The smallest absolute Gasteiger partial charge is 0.386 e. The minimum absolute atomic E-state index is 0.0485. The fraction of sp³-hybridized carbons (Fsp3) is 0.273. The molecule has 8 heteroatoms. The van der Waals surface area contributed by atoms with Crippen molar-refractivity contribution in [2.24, 2.45) is 10.7 Å². The van der Waals surface area contributed by atoms with Gasteiger partial charge in [-0.1, -0.05) is 0 Å². The van der Waals surface area contributed by atoms with Crippen LogP contribution in [0.5, 0.6) is 0 Å². The summed E-state index contributed by atoms with van der Waals surface area (Å²) in [6, 6.07) is 2.76. The van der Waals surface area contributed by atoms with E-state index in [1.165, 1.54) is 6.92 Å². The van der Waals surface area contributed by atoms with Crippen molar-refractivity contribution in [3.8, 4) is 0 Å². The van der Waals surface area contributed by atoms with Crippen LogP contribution in [0.1, 0.15) is 12.5 Å². The van der Waals surface area contributed by atoms with Gasteiger partial charge in [-0.15, -0.1) is 11.6 Å². The molecule has 0 bridgehead atoms. The highest BCUT2D eigenvalue weighted by Crippen LogP contribution is 2.35. The number of alkyl halides is 4. The second-order valence-corrected chi connectivity index (χ2v) is 3.91. The quantitative estimate of drug-likeness (QED) is 0.511. The molecule has 0 spiro atoms. The van der Waals surface area contributed by atoms with Crippen LogP contribution >= 0.6 is 11.6 Å². The maximum absolute atomic E-state index is 12.6. The van der Waals surface area contributed by atoms with Gasteiger partial charge < -0.3 is 11.1 Å². The van der Waals surface area contributed by atoms with Gasteiger partial charge in [0.25, 0.3) is 0 Å². The predicted octanol–water partition coefficient (Wildman–Crippen LogP) is 2.89. The molecule has 1 rings (SSSR count). The number of amidine groups is 1. The summed E-state index contributed by atoms with van der Waals surface area (Å²) in [6.07, 6.45) is -4.51. The number of anilines is 1. The van der Waals surface area contributed by atoms with Gasteiger partial charge in [0.1, 0.15) is 5.84 Å². The number of rotatable bonds is 3. The highest BCUT2D eigenvalue weighted by molar-refractivity contribution is 6.28. The van der Waals surface area contributed by atoms with Crippen LogP contribution in [0.25, 0.3) is 0 Å². The van der Waals surface area contributed by atoms with E-state index in [9.17, 15) is 18.0 Å². The van der Waals surface area contributed by atoms with E-state index >= 15 is 0 Å². The van der Waals surface area contributed by atoms with Gasteiger partial charge in [0.05, 0.1) is 22.8 Å². The molecule has 1 amide bonds. The molecule has 3 N–H and O–H groups in total. The van der Waals surface area contributed by atoms with E-state index in [1.807, 2.05) is 0 Å². The van der Waals surface area contributed by atoms with Gasteiger partial charge in [0.15, 0.2) is 0 Å². The van der Waals surface area contributed by atoms with Crippen molar-refractivity contribution in [1.29, 1.82) is 0 Å². The SMILES string of the molecule is CC(=O)Nc1ccc(C(F)(F)F)cc1N=C(N)CCl. The lowest BCUT2D eigenvalue weighted by molar-refractivity contribution is -0.137. The minimum atomic E-state index is -4.51. The third-order valence-corrected chi connectivity index (χ3v) is 2.31. The van der Waals surface area contributed by atoms with Crippen LogP contribution in [0.2, 0.25) is 0 Å². The Bertz CT molecular complexity index is 514. The number of halogens is 4. The van der Waals surface area contributed by atoms with Gasteiger partial charge in [-0.05, 0) is 18.2 Å². The number of benzene rings is 1. The summed E-state index contributed by atoms with van der Waals surface area (Å²) in [7, 11) is 0. The summed E-state index contributed by atoms with van der Waals surface area (Å²) >= 11 is 5.42. The Morgan fingerprint density at radius 1 is 1.47 bits per heavy atom. The molecule has 0 atom stereocenters. The van der Waals surface area contributed by atoms with Crippen LogP contribution in [-0.4, -0.2) is 17.6 Å². The number of nitrogens with zero attached hydrogens (tertiary/aromatic N) is 1. The molecule has 0 heterocycles. The van der Waals surface area contributed by atoms with E-state index in [2.05, 4.69) is 10.3 Å². The Morgan fingerprint density at radius 3 is 2.58 bits per heavy atom. The fourth-order valence-corrected chi connectivity index (χ4v) is 1.34. The first kappa shape index (κ1) is 15.3. The molecule has 0 saturated carbocycles. The predicted molar refractivity (Wildman–Crippen MR) is 67.8 cm³/mol. The molecule has 19 heavy (non-hydrogen) atoms. The molecule has 0 radical (unpaired) electrons.